The van der Waals surface area contributed by atoms with Crippen molar-refractivity contribution < 1.29 is 9.60 Å². The van der Waals surface area contributed by atoms with Gasteiger partial charge in [-0.2, -0.15) is 0 Å². The van der Waals surface area contributed by atoms with Gasteiger partial charge in [0.25, 0.3) is 6.71 Å². The molecule has 5 nitrogen and oxygen atoms in total. The van der Waals surface area contributed by atoms with E-state index < -0.39 is 41.7 Å². The lowest BCUT2D eigenvalue weighted by Crippen LogP contribution is -2.61. The molecule has 5 heterocycles. The molecular weight excluding hydrogens is 1370 g/mol. The summed E-state index contributed by atoms with van der Waals surface area (Å²) in [6.07, 6.45) is 0. The van der Waals surface area contributed by atoms with Gasteiger partial charge in [0, 0.05) is 75.3 Å². The van der Waals surface area contributed by atoms with Crippen molar-refractivity contribution in [1.82, 2.24) is 9.13 Å². The summed E-state index contributed by atoms with van der Waals surface area (Å²) in [7, 11) is 0. The van der Waals surface area contributed by atoms with Gasteiger partial charge in [0.15, 0.2) is 5.69 Å². The van der Waals surface area contributed by atoms with Gasteiger partial charge >= 0.3 is 0 Å². The molecule has 20 rings (SSSR count). The Morgan fingerprint density at radius 1 is 0.301 bits per heavy atom. The van der Waals surface area contributed by atoms with Crippen LogP contribution in [0.4, 0.5) is 39.8 Å². The molecule has 0 spiro atoms. The van der Waals surface area contributed by atoms with Crippen molar-refractivity contribution in [2.45, 2.75) is 105 Å². The van der Waals surface area contributed by atoms with Gasteiger partial charge in [-0.05, 0) is 243 Å². The van der Waals surface area contributed by atoms with Crippen molar-refractivity contribution in [1.29, 1.82) is 0 Å². The quantitative estimate of drug-likeness (QED) is 0.126. The average molecular weight is 1460 g/mol. The van der Waals surface area contributed by atoms with Crippen LogP contribution in [-0.2, 0) is 21.7 Å². The van der Waals surface area contributed by atoms with Gasteiger partial charge in [-0.15, -0.1) is 0 Å². The van der Waals surface area contributed by atoms with E-state index in [-0.39, 0.29) is 56.5 Å². The Morgan fingerprint density at radius 3 is 1.29 bits per heavy atom. The van der Waals surface area contributed by atoms with Crippen LogP contribution in [0.2, 0.25) is 0 Å². The molecule has 0 saturated heterocycles. The maximum Gasteiger partial charge on any atom is 0.252 e. The first-order chi connectivity index (χ1) is 57.4. The highest BCUT2D eigenvalue weighted by molar-refractivity contribution is 7.00. The van der Waals surface area contributed by atoms with Crippen molar-refractivity contribution in [3.63, 3.8) is 0 Å². The molecule has 0 N–H and O–H groups in total. The summed E-state index contributed by atoms with van der Waals surface area (Å²) in [5.41, 5.74) is 29.5. The maximum absolute atomic E-state index is 10.1. The van der Waals surface area contributed by atoms with Gasteiger partial charge in [0.1, 0.15) is 0 Å². The van der Waals surface area contributed by atoms with Crippen molar-refractivity contribution in [2.24, 2.45) is 0 Å². The minimum absolute atomic E-state index is 0.00164. The number of para-hydroxylation sites is 2. The highest BCUT2D eigenvalue weighted by Gasteiger charge is 2.47. The number of benzene rings is 15. The first-order valence-corrected chi connectivity index (χ1v) is 39.4. The fraction of sp³-hybridized carbons (Fsp3) is 0.150. The van der Waals surface area contributed by atoms with Crippen LogP contribution in [0, 0.1) is 6.57 Å². The van der Waals surface area contributed by atoms with E-state index in [4.69, 9.17) is 6.57 Å². The first kappa shape index (κ1) is 61.8. The zero-order chi connectivity index (χ0) is 83.4. The predicted octanol–water partition coefficient (Wildman–Crippen LogP) is 27.7. The van der Waals surface area contributed by atoms with Crippen LogP contribution in [0.3, 0.4) is 0 Å². The third-order valence-corrected chi connectivity index (χ3v) is 23.9. The minimum atomic E-state index is -0.529. The fourth-order valence-electron chi connectivity index (χ4n) is 17.9. The Hall–Kier alpha value is -12.9. The molecule has 0 saturated carbocycles. The summed E-state index contributed by atoms with van der Waals surface area (Å²) >= 11 is 0. The molecule has 3 aliphatic rings. The highest BCUT2D eigenvalue weighted by atomic mass is 15.2. The van der Waals surface area contributed by atoms with Crippen molar-refractivity contribution in [3.05, 3.63) is 349 Å². The van der Waals surface area contributed by atoms with Crippen LogP contribution in [0.15, 0.2) is 315 Å². The molecule has 0 radical (unpaired) electrons. The smallest absolute Gasteiger partial charge is 0.252 e. The number of rotatable bonds is 5. The molecule has 15 aromatic carbocycles. The Labute approximate surface area is 674 Å². The summed E-state index contributed by atoms with van der Waals surface area (Å²) in [5.74, 6) is 0. The number of fused-ring (bicyclic) bond motifs is 23. The molecule has 0 aliphatic carbocycles. The van der Waals surface area contributed by atoms with Crippen LogP contribution in [0.1, 0.15) is 115 Å². The van der Waals surface area contributed by atoms with Crippen molar-refractivity contribution in [3.8, 4) is 89.3 Å². The van der Waals surface area contributed by atoms with E-state index in [1.165, 1.54) is 11.1 Å². The van der Waals surface area contributed by atoms with Gasteiger partial charge in [0.2, 0.25) is 0 Å². The SMILES string of the molecule is [2H]c1c([2H])c([2H])c2c(c1[2H])c1c([2H])c([N+]#[C-])c([2H])c([2H])c1n2-c1ccc2c(c1)N1c3cc(C(C)(C)C)cc4c3B2c2cc(-c3cccc(C(C)(C)C)c3)ccc2N4c2c(-c3ccccc3)cc(C(C)(C)C)cc2-c2cccc(c2)-c2ccc3c(c2)c2cc(ccc2n3-c2ccccc2)-c2cccc(c2)-c2cc(C(C)(C)C)cc(-c3ccccc3)c21. The molecule has 13 bridgehead atoms. The summed E-state index contributed by atoms with van der Waals surface area (Å²) < 4.78 is 71.9. The Balaban J connectivity index is 1.02. The van der Waals surface area contributed by atoms with E-state index in [9.17, 15) is 9.60 Å². The minimum Gasteiger partial charge on any atom is -0.310 e. The van der Waals surface area contributed by atoms with Crippen LogP contribution < -0.4 is 26.2 Å². The molecule has 0 atom stereocenters. The van der Waals surface area contributed by atoms with Crippen LogP contribution in [0.5, 0.6) is 0 Å². The fourth-order valence-corrected chi connectivity index (χ4v) is 17.9. The summed E-state index contributed by atoms with van der Waals surface area (Å²) in [5, 5.41) is 2.24. The Morgan fingerprint density at radius 2 is 0.743 bits per heavy atom. The number of nitrogens with zero attached hydrogens (tertiary/aromatic N) is 5. The predicted molar refractivity (Wildman–Crippen MR) is 482 cm³/mol. The van der Waals surface area contributed by atoms with E-state index in [0.717, 1.165) is 167 Å². The molecule has 17 aromatic rings. The normalized spacial score (nSPS) is 13.9. The molecule has 0 amide bonds. The van der Waals surface area contributed by atoms with Gasteiger partial charge in [-0.3, -0.25) is 0 Å². The average Bonchev–Trinajstić information content (AvgIpc) is 1.23. The molecule has 0 unspecified atom stereocenters. The monoisotopic (exact) mass is 1460 g/mol. The van der Waals surface area contributed by atoms with E-state index in [1.807, 2.05) is 6.07 Å². The molecule has 0 fully saturated rings. The lowest BCUT2D eigenvalue weighted by atomic mass is 9.33. The van der Waals surface area contributed by atoms with E-state index in [1.54, 1.807) is 4.57 Å². The number of anilines is 6. The lowest BCUT2D eigenvalue weighted by Gasteiger charge is -2.47. The number of hydrogen-bond donors (Lipinski definition) is 0. The number of hydrogen-bond acceptors (Lipinski definition) is 2. The Kier molecular flexibility index (Phi) is 14.0. The lowest BCUT2D eigenvalue weighted by molar-refractivity contribution is 0.590. The second-order valence-electron chi connectivity index (χ2n) is 35.1. The molecular formula is C107H88BN5. The van der Waals surface area contributed by atoms with Gasteiger partial charge in [-0.25, -0.2) is 4.85 Å². The molecule has 6 heteroatoms. The summed E-state index contributed by atoms with van der Waals surface area (Å²) in [6, 6.07) is 98.5. The van der Waals surface area contributed by atoms with Crippen molar-refractivity contribution >= 4 is 107 Å². The zero-order valence-electron chi connectivity index (χ0n) is 72.8. The van der Waals surface area contributed by atoms with Gasteiger partial charge in [0.05, 0.1) is 46.9 Å². The number of aromatic nitrogens is 2. The summed E-state index contributed by atoms with van der Waals surface area (Å²) in [6.45, 7) is 35.3. The van der Waals surface area contributed by atoms with E-state index in [0.29, 0.717) is 5.69 Å². The molecule has 3 aliphatic heterocycles. The molecule has 544 valence electrons. The largest absolute Gasteiger partial charge is 0.310 e. The van der Waals surface area contributed by atoms with E-state index in [2.05, 4.69) is 369 Å². The van der Waals surface area contributed by atoms with Crippen LogP contribution in [-0.4, -0.2) is 15.8 Å². The zero-order valence-corrected chi connectivity index (χ0v) is 65.8. The summed E-state index contributed by atoms with van der Waals surface area (Å²) in [4.78, 5) is 8.79. The second-order valence-corrected chi connectivity index (χ2v) is 35.1. The Bertz CT molecular complexity index is 7310. The van der Waals surface area contributed by atoms with Crippen LogP contribution in [0.25, 0.3) is 138 Å². The van der Waals surface area contributed by atoms with Gasteiger partial charge < -0.3 is 18.9 Å². The van der Waals surface area contributed by atoms with E-state index >= 15 is 0 Å². The van der Waals surface area contributed by atoms with Crippen molar-refractivity contribution in [2.75, 3.05) is 9.80 Å². The third-order valence-electron chi connectivity index (χ3n) is 23.9. The highest BCUT2D eigenvalue weighted by Crippen LogP contribution is 2.57. The maximum atomic E-state index is 10.1. The molecule has 2 aromatic heterocycles. The first-order valence-electron chi connectivity index (χ1n) is 42.9. The molecule has 113 heavy (non-hydrogen) atoms. The second kappa shape index (κ2) is 25.6. The third kappa shape index (κ3) is 11.3. The van der Waals surface area contributed by atoms with Crippen LogP contribution >= 0.6 is 0 Å². The topological polar surface area (TPSA) is 20.7 Å². The standard InChI is InChI=1S/C107H88BN5/c1-104(2,3)76-37-27-34-70(54-76)73-44-50-97-92(57-73)108-91-47-46-82(111-93-41-24-23-40-83(93)90-64-80(109-13)45-51-96(90)111)65-98(91)113-100-63-79(107(10,11)12)62-99(101(100)108)112(97)102-84(66-28-17-14-18-29-66)58-77(105(4,5)6)60-86(102)74-35-25-32-68(52-74)71-42-48-94-88(55-71)89-56-72(43-49-95(89)110(94)81-38-21-16-22-39-81)69-33-26-36-75(53-69)87-61-78(106(7,8)9)59-85(103(87)113)67-30-19-15-20-31-67/h14-65H,1-12H3/i23D,24D,40D,41D,45D,51D,64D. The van der Waals surface area contributed by atoms with Gasteiger partial charge in [-0.1, -0.05) is 277 Å².